The lowest BCUT2D eigenvalue weighted by atomic mass is 9.92. The maximum absolute atomic E-state index is 6.23. The maximum Gasteiger partial charge on any atom is 0.128 e. The first-order chi connectivity index (χ1) is 13.2. The molecular weight excluding hydrogens is 370 g/mol. The summed E-state index contributed by atoms with van der Waals surface area (Å²) in [4.78, 5) is 0. The van der Waals surface area contributed by atoms with Crippen molar-refractivity contribution in [1.82, 2.24) is 0 Å². The standard InChI is InChI=1S/C23H20O2P2/c26-20-12-18-22(16-8-3-1-6-14(16)20)23-17-9-4-2-7-15(17)21(27)13-19(23)25-11-5-10-24-18/h1-4,6-9,12-13H,5,10-11,26-27H2. The molecule has 27 heavy (non-hydrogen) atoms. The topological polar surface area (TPSA) is 18.5 Å². The lowest BCUT2D eigenvalue weighted by molar-refractivity contribution is 0.253. The van der Waals surface area contributed by atoms with Crippen LogP contribution in [0.5, 0.6) is 11.5 Å². The third-order valence-corrected chi connectivity index (χ3v) is 6.09. The van der Waals surface area contributed by atoms with Gasteiger partial charge in [0.05, 0.1) is 13.2 Å². The summed E-state index contributed by atoms with van der Waals surface area (Å²) >= 11 is 0. The van der Waals surface area contributed by atoms with Crippen molar-refractivity contribution in [2.75, 3.05) is 13.2 Å². The summed E-state index contributed by atoms with van der Waals surface area (Å²) in [6.45, 7) is 1.30. The third kappa shape index (κ3) is 2.80. The predicted octanol–water partition coefficient (Wildman–Crippen LogP) is 4.82. The highest BCUT2D eigenvalue weighted by Gasteiger charge is 2.22. The van der Waals surface area contributed by atoms with Crippen LogP contribution in [0.1, 0.15) is 6.42 Å². The summed E-state index contributed by atoms with van der Waals surface area (Å²) < 4.78 is 12.5. The Morgan fingerprint density at radius 1 is 0.593 bits per heavy atom. The van der Waals surface area contributed by atoms with Crippen LogP contribution in [0.3, 0.4) is 0 Å². The first-order valence-electron chi connectivity index (χ1n) is 9.12. The molecule has 0 N–H and O–H groups in total. The van der Waals surface area contributed by atoms with E-state index in [-0.39, 0.29) is 0 Å². The zero-order valence-electron chi connectivity index (χ0n) is 14.9. The molecule has 0 amide bonds. The number of fused-ring (bicyclic) bond motifs is 7. The lowest BCUT2D eigenvalue weighted by Crippen LogP contribution is -2.05. The Labute approximate surface area is 163 Å². The second-order valence-electron chi connectivity index (χ2n) is 6.82. The molecule has 1 heterocycles. The van der Waals surface area contributed by atoms with Crippen molar-refractivity contribution in [3.63, 3.8) is 0 Å². The Morgan fingerprint density at radius 3 is 1.44 bits per heavy atom. The summed E-state index contributed by atoms with van der Waals surface area (Å²) in [5, 5.41) is 7.11. The van der Waals surface area contributed by atoms with E-state index >= 15 is 0 Å². The van der Waals surface area contributed by atoms with E-state index in [9.17, 15) is 0 Å². The molecule has 4 aromatic rings. The Hall–Kier alpha value is -2.14. The average Bonchev–Trinajstić information content (AvgIpc) is 2.77. The van der Waals surface area contributed by atoms with Crippen LogP contribution in [-0.2, 0) is 0 Å². The Kier molecular flexibility index (Phi) is 4.27. The second kappa shape index (κ2) is 6.79. The van der Waals surface area contributed by atoms with Crippen molar-refractivity contribution < 1.29 is 9.47 Å². The van der Waals surface area contributed by atoms with Crippen LogP contribution in [0.4, 0.5) is 0 Å². The molecule has 0 saturated carbocycles. The molecule has 134 valence electrons. The first kappa shape index (κ1) is 17.0. The van der Waals surface area contributed by atoms with E-state index in [1.807, 2.05) is 0 Å². The summed E-state index contributed by atoms with van der Waals surface area (Å²) in [6.07, 6.45) is 0.858. The Balaban J connectivity index is 2.00. The molecule has 0 radical (unpaired) electrons. The normalized spacial score (nSPS) is 13.7. The first-order valence-corrected chi connectivity index (χ1v) is 10.3. The van der Waals surface area contributed by atoms with E-state index < -0.39 is 0 Å². The molecular formula is C23H20O2P2. The lowest BCUT2D eigenvalue weighted by Gasteiger charge is -2.19. The number of hydrogen-bond acceptors (Lipinski definition) is 2. The van der Waals surface area contributed by atoms with E-state index in [2.05, 4.69) is 79.1 Å². The fourth-order valence-electron chi connectivity index (χ4n) is 3.92. The van der Waals surface area contributed by atoms with Crippen LogP contribution >= 0.6 is 18.5 Å². The molecule has 2 unspecified atom stereocenters. The van der Waals surface area contributed by atoms with Gasteiger partial charge < -0.3 is 9.47 Å². The van der Waals surface area contributed by atoms with Gasteiger partial charge in [-0.25, -0.2) is 0 Å². The largest absolute Gasteiger partial charge is 0.493 e. The SMILES string of the molecule is Pc1cc2c(c3ccccc13)-c1c(cc(P)c3ccccc13)OCCCO2. The van der Waals surface area contributed by atoms with Crippen LogP contribution in [0.15, 0.2) is 60.7 Å². The molecule has 0 fully saturated rings. The fraction of sp³-hybridized carbons (Fsp3) is 0.130. The van der Waals surface area contributed by atoms with Crippen LogP contribution in [-0.4, -0.2) is 13.2 Å². The molecule has 2 nitrogen and oxygen atoms in total. The van der Waals surface area contributed by atoms with Crippen molar-refractivity contribution >= 4 is 50.6 Å². The van der Waals surface area contributed by atoms with Gasteiger partial charge in [-0.2, -0.15) is 0 Å². The van der Waals surface area contributed by atoms with Gasteiger partial charge in [0, 0.05) is 17.5 Å². The summed E-state index contributed by atoms with van der Waals surface area (Å²) in [7, 11) is 5.71. The van der Waals surface area contributed by atoms with Crippen molar-refractivity contribution in [2.24, 2.45) is 0 Å². The van der Waals surface area contributed by atoms with Crippen molar-refractivity contribution in [3.8, 4) is 22.6 Å². The zero-order chi connectivity index (χ0) is 18.4. The third-order valence-electron chi connectivity index (χ3n) is 5.13. The van der Waals surface area contributed by atoms with Gasteiger partial charge in [-0.15, -0.1) is 18.5 Å². The van der Waals surface area contributed by atoms with Gasteiger partial charge in [0.15, 0.2) is 0 Å². The number of rotatable bonds is 0. The minimum Gasteiger partial charge on any atom is -0.493 e. The monoisotopic (exact) mass is 390 g/mol. The van der Waals surface area contributed by atoms with Gasteiger partial charge in [0.25, 0.3) is 0 Å². The van der Waals surface area contributed by atoms with E-state index in [1.165, 1.54) is 21.5 Å². The quantitative estimate of drug-likeness (QED) is 0.401. The molecule has 0 aromatic heterocycles. The fourth-order valence-corrected chi connectivity index (χ4v) is 4.73. The molecule has 5 rings (SSSR count). The zero-order valence-corrected chi connectivity index (χ0v) is 17.2. The van der Waals surface area contributed by atoms with Gasteiger partial charge in [-0.05, 0) is 44.3 Å². The van der Waals surface area contributed by atoms with Crippen molar-refractivity contribution in [1.29, 1.82) is 0 Å². The average molecular weight is 390 g/mol. The van der Waals surface area contributed by atoms with E-state index in [1.54, 1.807) is 0 Å². The highest BCUT2D eigenvalue weighted by molar-refractivity contribution is 7.28. The Morgan fingerprint density at radius 2 is 1.00 bits per heavy atom. The highest BCUT2D eigenvalue weighted by Crippen LogP contribution is 2.45. The van der Waals surface area contributed by atoms with Gasteiger partial charge in [-0.1, -0.05) is 48.5 Å². The van der Waals surface area contributed by atoms with E-state index in [4.69, 9.17) is 9.47 Å². The highest BCUT2D eigenvalue weighted by atomic mass is 31.0. The smallest absolute Gasteiger partial charge is 0.128 e. The second-order valence-corrected chi connectivity index (χ2v) is 8.06. The van der Waals surface area contributed by atoms with Crippen LogP contribution in [0.2, 0.25) is 0 Å². The van der Waals surface area contributed by atoms with Crippen molar-refractivity contribution in [2.45, 2.75) is 6.42 Å². The molecule has 0 aliphatic carbocycles. The molecule has 1 aliphatic heterocycles. The minimum atomic E-state index is 0.648. The molecule has 1 aliphatic rings. The number of benzene rings is 4. The van der Waals surface area contributed by atoms with Crippen LogP contribution < -0.4 is 20.1 Å². The molecule has 4 heteroatoms. The molecule has 0 spiro atoms. The van der Waals surface area contributed by atoms with Gasteiger partial charge in [-0.3, -0.25) is 0 Å². The summed E-state index contributed by atoms with van der Waals surface area (Å²) in [5.74, 6) is 1.85. The van der Waals surface area contributed by atoms with E-state index in [0.29, 0.717) is 13.2 Å². The molecule has 0 bridgehead atoms. The number of ether oxygens (including phenoxy) is 2. The van der Waals surface area contributed by atoms with Gasteiger partial charge >= 0.3 is 0 Å². The summed E-state index contributed by atoms with van der Waals surface area (Å²) in [5.41, 5.74) is 2.24. The predicted molar refractivity (Wildman–Crippen MR) is 121 cm³/mol. The van der Waals surface area contributed by atoms with Gasteiger partial charge in [0.1, 0.15) is 11.5 Å². The minimum absolute atomic E-state index is 0.648. The van der Waals surface area contributed by atoms with Crippen LogP contribution in [0, 0.1) is 0 Å². The number of hydrogen-bond donors (Lipinski definition) is 0. The van der Waals surface area contributed by atoms with E-state index in [0.717, 1.165) is 39.7 Å². The summed E-state index contributed by atoms with van der Waals surface area (Å²) in [6, 6.07) is 21.3. The van der Waals surface area contributed by atoms with Crippen LogP contribution in [0.25, 0.3) is 32.7 Å². The molecule has 2 atom stereocenters. The maximum atomic E-state index is 6.23. The van der Waals surface area contributed by atoms with Crippen molar-refractivity contribution in [3.05, 3.63) is 60.7 Å². The molecule has 4 aromatic carbocycles. The Bertz CT molecular complexity index is 1090. The molecule has 0 saturated heterocycles. The van der Waals surface area contributed by atoms with Gasteiger partial charge in [0.2, 0.25) is 0 Å².